The van der Waals surface area contributed by atoms with Crippen molar-refractivity contribution in [1.29, 1.82) is 0 Å². The van der Waals surface area contributed by atoms with Crippen LogP contribution in [-0.2, 0) is 17.8 Å². The van der Waals surface area contributed by atoms with E-state index in [4.69, 9.17) is 4.74 Å². The Hall–Kier alpha value is -2.70. The molecule has 2 heterocycles. The van der Waals surface area contributed by atoms with Gasteiger partial charge in [-0.3, -0.25) is 9.69 Å². The number of para-hydroxylation sites is 1. The van der Waals surface area contributed by atoms with Gasteiger partial charge in [-0.05, 0) is 11.6 Å². The number of thiazole rings is 1. The van der Waals surface area contributed by atoms with Gasteiger partial charge in [-0.1, -0.05) is 48.5 Å². The first kappa shape index (κ1) is 18.7. The van der Waals surface area contributed by atoms with Crippen LogP contribution in [0.15, 0.2) is 65.5 Å². The molecule has 1 aliphatic heterocycles. The molecule has 6 heteroatoms. The number of nitrogens with zero attached hydrogens (tertiary/aromatic N) is 2. The van der Waals surface area contributed by atoms with Crippen LogP contribution in [0, 0.1) is 0 Å². The van der Waals surface area contributed by atoms with E-state index in [1.54, 1.807) is 5.51 Å². The lowest BCUT2D eigenvalue weighted by Crippen LogP contribution is -2.37. The fraction of sp³-hybridized carbons (Fsp3) is 0.273. The van der Waals surface area contributed by atoms with Crippen LogP contribution >= 0.6 is 11.3 Å². The van der Waals surface area contributed by atoms with Gasteiger partial charge in [0.1, 0.15) is 11.9 Å². The number of amides is 1. The Morgan fingerprint density at radius 2 is 2.00 bits per heavy atom. The molecule has 0 aliphatic carbocycles. The zero-order valence-corrected chi connectivity index (χ0v) is 16.4. The van der Waals surface area contributed by atoms with E-state index in [1.165, 1.54) is 16.9 Å². The molecule has 0 fully saturated rings. The van der Waals surface area contributed by atoms with E-state index in [1.807, 2.05) is 41.8 Å². The summed E-state index contributed by atoms with van der Waals surface area (Å²) in [6.45, 7) is 2.96. The van der Waals surface area contributed by atoms with Crippen molar-refractivity contribution in [2.45, 2.75) is 19.1 Å². The van der Waals surface area contributed by atoms with Crippen LogP contribution in [0.25, 0.3) is 0 Å². The summed E-state index contributed by atoms with van der Waals surface area (Å²) in [5.74, 6) is 0.948. The lowest BCUT2D eigenvalue weighted by molar-refractivity contribution is -0.120. The predicted octanol–water partition coefficient (Wildman–Crippen LogP) is 3.44. The molecule has 0 saturated carbocycles. The third kappa shape index (κ3) is 4.77. The smallest absolute Gasteiger partial charge is 0.226 e. The number of fused-ring (bicyclic) bond motifs is 1. The minimum atomic E-state index is -0.0319. The van der Waals surface area contributed by atoms with Crippen LogP contribution in [0.1, 0.15) is 22.9 Å². The molecular weight excluding hydrogens is 370 g/mol. The van der Waals surface area contributed by atoms with Crippen molar-refractivity contribution in [3.8, 4) is 5.75 Å². The molecular formula is C22H23N3O2S. The van der Waals surface area contributed by atoms with E-state index in [-0.39, 0.29) is 12.0 Å². The maximum atomic E-state index is 12.1. The second kappa shape index (κ2) is 8.99. The maximum Gasteiger partial charge on any atom is 0.226 e. The molecule has 1 aliphatic rings. The van der Waals surface area contributed by atoms with E-state index in [2.05, 4.69) is 33.4 Å². The first-order chi connectivity index (χ1) is 13.8. The Labute approximate surface area is 169 Å². The third-order valence-electron chi connectivity index (χ3n) is 4.81. The number of carbonyl (C=O) groups is 1. The molecule has 3 aromatic rings. The van der Waals surface area contributed by atoms with Crippen molar-refractivity contribution >= 4 is 17.2 Å². The van der Waals surface area contributed by atoms with Crippen molar-refractivity contribution in [1.82, 2.24) is 15.2 Å². The van der Waals surface area contributed by atoms with Crippen LogP contribution in [0.2, 0.25) is 0 Å². The minimum absolute atomic E-state index is 0.0111. The third-order valence-corrected chi connectivity index (χ3v) is 5.44. The summed E-state index contributed by atoms with van der Waals surface area (Å²) in [4.78, 5) is 18.6. The molecule has 1 N–H and O–H groups in total. The highest BCUT2D eigenvalue weighted by atomic mass is 32.1. The standard InChI is InChI=1S/C22H23N3O2S/c26-22(12-19-15-28-16-24-19)23-10-11-25-13-18-8-4-5-9-20(18)27-21(14-25)17-6-2-1-3-7-17/h1-9,15-16,21H,10-14H2,(H,23,26). The fourth-order valence-electron chi connectivity index (χ4n) is 3.40. The van der Waals surface area contributed by atoms with E-state index >= 15 is 0 Å². The zero-order chi connectivity index (χ0) is 19.2. The second-order valence-corrected chi connectivity index (χ2v) is 7.59. The van der Waals surface area contributed by atoms with Crippen molar-refractivity contribution < 1.29 is 9.53 Å². The fourth-order valence-corrected chi connectivity index (χ4v) is 3.96. The normalized spacial score (nSPS) is 16.6. The molecule has 2 aromatic carbocycles. The van der Waals surface area contributed by atoms with E-state index < -0.39 is 0 Å². The molecule has 0 saturated heterocycles. The number of aromatic nitrogens is 1. The van der Waals surface area contributed by atoms with Gasteiger partial charge in [0.2, 0.25) is 5.91 Å². The topological polar surface area (TPSA) is 54.5 Å². The molecule has 1 unspecified atom stereocenters. The molecule has 28 heavy (non-hydrogen) atoms. The van der Waals surface area contributed by atoms with Crippen molar-refractivity contribution in [2.24, 2.45) is 0 Å². The lowest BCUT2D eigenvalue weighted by Gasteiger charge is -2.24. The van der Waals surface area contributed by atoms with Crippen molar-refractivity contribution in [3.05, 3.63) is 82.3 Å². The SMILES string of the molecule is O=C(Cc1cscn1)NCCN1Cc2ccccc2OC(c2ccccc2)C1. The van der Waals surface area contributed by atoms with E-state index in [0.717, 1.165) is 36.6 Å². The van der Waals surface area contributed by atoms with Crippen molar-refractivity contribution in [2.75, 3.05) is 19.6 Å². The average molecular weight is 394 g/mol. The molecule has 144 valence electrons. The minimum Gasteiger partial charge on any atom is -0.484 e. The summed E-state index contributed by atoms with van der Waals surface area (Å²) >= 11 is 1.51. The van der Waals surface area contributed by atoms with Crippen LogP contribution in [0.4, 0.5) is 0 Å². The highest BCUT2D eigenvalue weighted by Gasteiger charge is 2.23. The number of hydrogen-bond donors (Lipinski definition) is 1. The van der Waals surface area contributed by atoms with Gasteiger partial charge in [-0.15, -0.1) is 11.3 Å². The van der Waals surface area contributed by atoms with Gasteiger partial charge in [0.05, 0.1) is 17.6 Å². The van der Waals surface area contributed by atoms with Gasteiger partial charge < -0.3 is 10.1 Å². The Morgan fingerprint density at radius 3 is 2.82 bits per heavy atom. The van der Waals surface area contributed by atoms with Crippen LogP contribution in [0.5, 0.6) is 5.75 Å². The summed E-state index contributed by atoms with van der Waals surface area (Å²) in [5.41, 5.74) is 4.91. The molecule has 5 nitrogen and oxygen atoms in total. The molecule has 1 aromatic heterocycles. The maximum absolute atomic E-state index is 12.1. The largest absolute Gasteiger partial charge is 0.484 e. The summed E-state index contributed by atoms with van der Waals surface area (Å²) in [6, 6.07) is 18.5. The number of carbonyl (C=O) groups excluding carboxylic acids is 1. The highest BCUT2D eigenvalue weighted by molar-refractivity contribution is 7.07. The Kier molecular flexibility index (Phi) is 5.99. The molecule has 4 rings (SSSR count). The quantitative estimate of drug-likeness (QED) is 0.697. The molecule has 0 spiro atoms. The first-order valence-electron chi connectivity index (χ1n) is 9.43. The van der Waals surface area contributed by atoms with Gasteiger partial charge >= 0.3 is 0 Å². The van der Waals surface area contributed by atoms with Crippen LogP contribution < -0.4 is 10.1 Å². The summed E-state index contributed by atoms with van der Waals surface area (Å²) in [6.07, 6.45) is 0.304. The molecule has 1 amide bonds. The Morgan fingerprint density at radius 1 is 1.18 bits per heavy atom. The van der Waals surface area contributed by atoms with Gasteiger partial charge in [0.25, 0.3) is 0 Å². The number of nitrogens with one attached hydrogen (secondary N) is 1. The van der Waals surface area contributed by atoms with E-state index in [0.29, 0.717) is 13.0 Å². The monoisotopic (exact) mass is 393 g/mol. The molecule has 0 bridgehead atoms. The summed E-state index contributed by atoms with van der Waals surface area (Å²) < 4.78 is 6.33. The van der Waals surface area contributed by atoms with Crippen molar-refractivity contribution in [3.63, 3.8) is 0 Å². The molecule has 0 radical (unpaired) electrons. The number of ether oxygens (including phenoxy) is 1. The number of hydrogen-bond acceptors (Lipinski definition) is 5. The van der Waals surface area contributed by atoms with Gasteiger partial charge in [-0.2, -0.15) is 0 Å². The Bertz CT molecular complexity index is 899. The average Bonchev–Trinajstić information content (AvgIpc) is 3.14. The second-order valence-electron chi connectivity index (χ2n) is 6.87. The number of benzene rings is 2. The van der Waals surface area contributed by atoms with Crippen LogP contribution in [-0.4, -0.2) is 35.4 Å². The zero-order valence-electron chi connectivity index (χ0n) is 15.6. The van der Waals surface area contributed by atoms with E-state index in [9.17, 15) is 4.79 Å². The van der Waals surface area contributed by atoms with Crippen LogP contribution in [0.3, 0.4) is 0 Å². The van der Waals surface area contributed by atoms with Gasteiger partial charge in [0.15, 0.2) is 0 Å². The first-order valence-corrected chi connectivity index (χ1v) is 10.4. The summed E-state index contributed by atoms with van der Waals surface area (Å²) in [7, 11) is 0. The van der Waals surface area contributed by atoms with Gasteiger partial charge in [0, 0.05) is 37.1 Å². The number of rotatable bonds is 6. The summed E-state index contributed by atoms with van der Waals surface area (Å²) in [5, 5.41) is 4.92. The predicted molar refractivity (Wildman–Crippen MR) is 110 cm³/mol. The Balaban J connectivity index is 1.40. The van der Waals surface area contributed by atoms with Gasteiger partial charge in [-0.25, -0.2) is 4.98 Å². The molecule has 1 atom stereocenters. The lowest BCUT2D eigenvalue weighted by atomic mass is 10.1. The highest BCUT2D eigenvalue weighted by Crippen LogP contribution is 2.30.